The predicted molar refractivity (Wildman–Crippen MR) is 88.2 cm³/mol. The summed E-state index contributed by atoms with van der Waals surface area (Å²) in [7, 11) is 0. The number of rotatable bonds is 4. The first-order valence-electron chi connectivity index (χ1n) is 6.02. The van der Waals surface area contributed by atoms with Crippen LogP contribution in [0.5, 0.6) is 0 Å². The monoisotopic (exact) mass is 286 g/mol. The molecule has 2 aromatic rings. The zero-order chi connectivity index (χ0) is 13.7. The van der Waals surface area contributed by atoms with E-state index in [0.717, 1.165) is 5.02 Å². The van der Waals surface area contributed by atoms with Crippen LogP contribution in [0.2, 0.25) is 5.02 Å². The molecule has 0 N–H and O–H groups in total. The summed E-state index contributed by atoms with van der Waals surface area (Å²) in [5.74, 6) is 0. The molecule has 2 aromatic carbocycles. The van der Waals surface area contributed by atoms with Gasteiger partial charge in [0, 0.05) is 9.93 Å². The van der Waals surface area contributed by atoms with Gasteiger partial charge < -0.3 is 0 Å². The van der Waals surface area contributed by atoms with Gasteiger partial charge in [-0.2, -0.15) is 0 Å². The molecule has 0 heterocycles. The first-order chi connectivity index (χ1) is 9.22. The molecule has 0 aromatic heterocycles. The van der Waals surface area contributed by atoms with Crippen molar-refractivity contribution in [3.8, 4) is 0 Å². The van der Waals surface area contributed by atoms with Crippen molar-refractivity contribution < 1.29 is 0 Å². The van der Waals surface area contributed by atoms with Gasteiger partial charge in [0.1, 0.15) is 0 Å². The van der Waals surface area contributed by atoms with E-state index in [1.807, 2.05) is 47.9 Å². The average Bonchev–Trinajstić information content (AvgIpc) is 2.46. The van der Waals surface area contributed by atoms with Gasteiger partial charge in [0.15, 0.2) is 0 Å². The maximum absolute atomic E-state index is 5.94. The Morgan fingerprint density at radius 1 is 1.00 bits per heavy atom. The summed E-state index contributed by atoms with van der Waals surface area (Å²) >= 11 is 7.58. The first kappa shape index (κ1) is 14.0. The molecule has 0 unspecified atom stereocenters. The van der Waals surface area contributed by atoms with E-state index in [9.17, 15) is 0 Å². The Kier molecular flexibility index (Phi) is 4.89. The van der Waals surface area contributed by atoms with E-state index in [-0.39, 0.29) is 0 Å². The molecule has 0 nitrogen and oxygen atoms in total. The fraction of sp³-hybridized carbons (Fsp3) is 0.0588. The van der Waals surface area contributed by atoms with Crippen LogP contribution in [-0.4, -0.2) is 0 Å². The molecule has 0 aliphatic rings. The van der Waals surface area contributed by atoms with Crippen LogP contribution < -0.4 is 0 Å². The Labute approximate surface area is 123 Å². The summed E-state index contributed by atoms with van der Waals surface area (Å²) in [6.45, 7) is 5.95. The van der Waals surface area contributed by atoms with Crippen molar-refractivity contribution in [1.29, 1.82) is 0 Å². The Morgan fingerprint density at radius 3 is 2.21 bits per heavy atom. The van der Waals surface area contributed by atoms with Gasteiger partial charge in [-0.15, -0.1) is 0 Å². The minimum Gasteiger partial charge on any atom is -0.0978 e. The van der Waals surface area contributed by atoms with Gasteiger partial charge in [0.05, 0.1) is 0 Å². The zero-order valence-corrected chi connectivity index (χ0v) is 12.3. The highest BCUT2D eigenvalue weighted by Crippen LogP contribution is 2.35. The third-order valence-electron chi connectivity index (χ3n) is 2.85. The van der Waals surface area contributed by atoms with Crippen LogP contribution in [0.1, 0.15) is 18.1 Å². The maximum Gasteiger partial charge on any atom is 0.0406 e. The third-order valence-corrected chi connectivity index (χ3v) is 4.05. The second kappa shape index (κ2) is 6.65. The van der Waals surface area contributed by atoms with Gasteiger partial charge in [0.2, 0.25) is 0 Å². The van der Waals surface area contributed by atoms with Gasteiger partial charge in [-0.25, -0.2) is 0 Å². The molecule has 0 fully saturated rings. The van der Waals surface area contributed by atoms with Crippen LogP contribution in [0.3, 0.4) is 0 Å². The quantitative estimate of drug-likeness (QED) is 0.612. The summed E-state index contributed by atoms with van der Waals surface area (Å²) in [5.41, 5.74) is 3.62. The van der Waals surface area contributed by atoms with E-state index in [2.05, 4.69) is 25.6 Å². The lowest BCUT2D eigenvalue weighted by atomic mass is 10.0. The molecule has 2 rings (SSSR count). The summed E-state index contributed by atoms with van der Waals surface area (Å²) in [5, 5.41) is 2.62. The second-order valence-corrected chi connectivity index (χ2v) is 5.53. The lowest BCUT2D eigenvalue weighted by Gasteiger charge is -2.11. The molecule has 0 saturated carbocycles. The zero-order valence-electron chi connectivity index (χ0n) is 10.8. The maximum atomic E-state index is 5.94. The highest BCUT2D eigenvalue weighted by Gasteiger charge is 2.07. The van der Waals surface area contributed by atoms with E-state index in [1.165, 1.54) is 21.6 Å². The van der Waals surface area contributed by atoms with Crippen LogP contribution in [0.15, 0.2) is 66.6 Å². The van der Waals surface area contributed by atoms with E-state index >= 15 is 0 Å². The van der Waals surface area contributed by atoms with Crippen molar-refractivity contribution in [1.82, 2.24) is 0 Å². The Hall–Kier alpha value is -1.44. The largest absolute Gasteiger partial charge is 0.0978 e. The van der Waals surface area contributed by atoms with Crippen molar-refractivity contribution in [2.24, 2.45) is 0 Å². The summed E-state index contributed by atoms with van der Waals surface area (Å²) in [6, 6.07) is 18.3. The van der Waals surface area contributed by atoms with Crippen LogP contribution in [0.4, 0.5) is 0 Å². The van der Waals surface area contributed by atoms with Crippen molar-refractivity contribution in [2.75, 3.05) is 0 Å². The molecule has 19 heavy (non-hydrogen) atoms. The van der Waals surface area contributed by atoms with Crippen LogP contribution in [-0.2, 0) is 0 Å². The molecule has 0 aliphatic carbocycles. The number of allylic oxidation sites excluding steroid dienone is 1. The van der Waals surface area contributed by atoms with Crippen LogP contribution >= 0.6 is 23.4 Å². The molecule has 0 bridgehead atoms. The Balaban J connectivity index is 2.49. The van der Waals surface area contributed by atoms with Gasteiger partial charge >= 0.3 is 0 Å². The van der Waals surface area contributed by atoms with Gasteiger partial charge in [-0.3, -0.25) is 0 Å². The van der Waals surface area contributed by atoms with Crippen molar-refractivity contribution in [3.63, 3.8) is 0 Å². The van der Waals surface area contributed by atoms with E-state index in [0.29, 0.717) is 0 Å². The summed E-state index contributed by atoms with van der Waals surface area (Å²) < 4.78 is 0. The molecule has 0 spiro atoms. The molecule has 0 amide bonds. The van der Waals surface area contributed by atoms with Crippen molar-refractivity contribution in [3.05, 3.63) is 82.7 Å². The third kappa shape index (κ3) is 3.52. The summed E-state index contributed by atoms with van der Waals surface area (Å²) in [4.78, 5) is 1.22. The van der Waals surface area contributed by atoms with Gasteiger partial charge in [0.25, 0.3) is 0 Å². The molecule has 0 radical (unpaired) electrons. The SMILES string of the molecule is C=CS/C(=C(\C)c1ccc(Cl)cc1)c1ccccc1. The smallest absolute Gasteiger partial charge is 0.0406 e. The molecule has 0 aliphatic heterocycles. The van der Waals surface area contributed by atoms with Crippen LogP contribution in [0.25, 0.3) is 10.5 Å². The fourth-order valence-electron chi connectivity index (χ4n) is 1.88. The number of hydrogen-bond acceptors (Lipinski definition) is 1. The number of halogens is 1. The number of thioether (sulfide) groups is 1. The molecular formula is C17H15ClS. The second-order valence-electron chi connectivity index (χ2n) is 4.11. The highest BCUT2D eigenvalue weighted by atomic mass is 35.5. The van der Waals surface area contributed by atoms with Gasteiger partial charge in [-0.1, -0.05) is 72.4 Å². The normalized spacial score (nSPS) is 11.9. The standard InChI is InChI=1S/C17H15ClS/c1-3-19-17(15-7-5-4-6-8-15)13(2)14-9-11-16(18)12-10-14/h3-12H,1H2,2H3/b17-13+. The van der Waals surface area contributed by atoms with Crippen molar-refractivity contribution >= 4 is 33.8 Å². The number of hydrogen-bond donors (Lipinski definition) is 0. The Bertz CT molecular complexity index is 582. The number of benzene rings is 2. The van der Waals surface area contributed by atoms with E-state index < -0.39 is 0 Å². The van der Waals surface area contributed by atoms with E-state index in [1.54, 1.807) is 11.8 Å². The fourth-order valence-corrected chi connectivity index (χ4v) is 2.74. The average molecular weight is 287 g/mol. The minimum atomic E-state index is 0.759. The molecule has 2 heteroatoms. The molecule has 0 saturated heterocycles. The predicted octanol–water partition coefficient (Wildman–Crippen LogP) is 6.10. The molecule has 0 atom stereocenters. The van der Waals surface area contributed by atoms with Crippen molar-refractivity contribution in [2.45, 2.75) is 6.92 Å². The summed E-state index contributed by atoms with van der Waals surface area (Å²) in [6.07, 6.45) is 0. The topological polar surface area (TPSA) is 0 Å². The highest BCUT2D eigenvalue weighted by molar-refractivity contribution is 8.11. The molecular weight excluding hydrogens is 272 g/mol. The van der Waals surface area contributed by atoms with Gasteiger partial charge in [-0.05, 0) is 41.2 Å². The lowest BCUT2D eigenvalue weighted by molar-refractivity contribution is 1.56. The minimum absolute atomic E-state index is 0.759. The lowest BCUT2D eigenvalue weighted by Crippen LogP contribution is -1.86. The van der Waals surface area contributed by atoms with E-state index in [4.69, 9.17) is 11.6 Å². The first-order valence-corrected chi connectivity index (χ1v) is 7.28. The Morgan fingerprint density at radius 2 is 1.63 bits per heavy atom. The van der Waals surface area contributed by atoms with Crippen LogP contribution in [0, 0.1) is 0 Å². The molecule has 96 valence electrons.